The van der Waals surface area contributed by atoms with Crippen molar-refractivity contribution >= 4 is 0 Å². The van der Waals surface area contributed by atoms with Crippen molar-refractivity contribution in [3.63, 3.8) is 0 Å². The molecule has 1 aromatic carbocycles. The summed E-state index contributed by atoms with van der Waals surface area (Å²) in [5.74, 6) is 0. The topological polar surface area (TPSA) is 46.9 Å². The van der Waals surface area contributed by atoms with Gasteiger partial charge in [0.05, 0.1) is 5.69 Å². The van der Waals surface area contributed by atoms with Crippen molar-refractivity contribution in [1.29, 1.82) is 0 Å². The van der Waals surface area contributed by atoms with E-state index in [2.05, 4.69) is 43.3 Å². The molecule has 0 unspecified atom stereocenters. The average Bonchev–Trinajstić information content (AvgIpc) is 2.48. The maximum absolute atomic E-state index is 12.1. The van der Waals surface area contributed by atoms with Gasteiger partial charge in [0.15, 0.2) is 0 Å². The first kappa shape index (κ1) is 16.4. The Morgan fingerprint density at radius 1 is 1.14 bits per heavy atom. The minimum Gasteiger partial charge on any atom is -0.311 e. The molecular weight excluding hydrogens is 274 g/mol. The van der Waals surface area contributed by atoms with Gasteiger partial charge in [-0.3, -0.25) is 4.79 Å². The van der Waals surface area contributed by atoms with Crippen LogP contribution in [0.4, 0.5) is 0 Å². The molecule has 0 aliphatic carbocycles. The molecule has 0 saturated heterocycles. The van der Waals surface area contributed by atoms with Crippen LogP contribution >= 0.6 is 0 Å². The zero-order valence-corrected chi connectivity index (χ0v) is 13.9. The van der Waals surface area contributed by atoms with Crippen LogP contribution in [0.5, 0.6) is 0 Å². The van der Waals surface area contributed by atoms with E-state index in [-0.39, 0.29) is 5.43 Å². The number of hydrogen-bond acceptors (Lipinski definition) is 3. The van der Waals surface area contributed by atoms with Crippen LogP contribution in [0.2, 0.25) is 0 Å². The quantitative estimate of drug-likeness (QED) is 0.834. The second-order valence-corrected chi connectivity index (χ2v) is 5.81. The molecule has 0 bridgehead atoms. The monoisotopic (exact) mass is 299 g/mol. The number of aromatic nitrogens is 2. The Labute approximate surface area is 132 Å². The fourth-order valence-corrected chi connectivity index (χ4v) is 2.33. The van der Waals surface area contributed by atoms with E-state index in [1.165, 1.54) is 11.1 Å². The highest BCUT2D eigenvalue weighted by atomic mass is 16.1. The Kier molecular flexibility index (Phi) is 5.50. The molecule has 0 aliphatic rings. The lowest BCUT2D eigenvalue weighted by molar-refractivity contribution is 0.615. The van der Waals surface area contributed by atoms with Crippen LogP contribution < -0.4 is 10.7 Å². The third-order valence-electron chi connectivity index (χ3n) is 3.91. The summed E-state index contributed by atoms with van der Waals surface area (Å²) in [6.07, 6.45) is 2.25. The van der Waals surface area contributed by atoms with Gasteiger partial charge in [-0.1, -0.05) is 19.4 Å². The summed E-state index contributed by atoms with van der Waals surface area (Å²) in [6.45, 7) is 9.67. The number of unbranched alkanes of at least 4 members (excludes halogenated alkanes) is 1. The van der Waals surface area contributed by atoms with E-state index in [1.807, 2.05) is 17.7 Å². The molecule has 22 heavy (non-hydrogen) atoms. The summed E-state index contributed by atoms with van der Waals surface area (Å²) in [7, 11) is 0. The highest BCUT2D eigenvalue weighted by Crippen LogP contribution is 2.14. The van der Waals surface area contributed by atoms with E-state index >= 15 is 0 Å². The van der Waals surface area contributed by atoms with E-state index in [0.29, 0.717) is 12.2 Å². The van der Waals surface area contributed by atoms with Gasteiger partial charge in [0.1, 0.15) is 5.69 Å². The Bertz CT molecular complexity index is 704. The predicted octanol–water partition coefficient (Wildman–Crippen LogP) is 3.05. The Morgan fingerprint density at radius 3 is 2.59 bits per heavy atom. The highest BCUT2D eigenvalue weighted by Gasteiger charge is 2.08. The SMILES string of the molecule is CCCCNCc1nn(-c2ccc(C)c(C)c2)c(C)cc1=O. The van der Waals surface area contributed by atoms with E-state index in [0.717, 1.165) is 30.8 Å². The van der Waals surface area contributed by atoms with Crippen LogP contribution in [0.3, 0.4) is 0 Å². The van der Waals surface area contributed by atoms with Gasteiger partial charge in [0, 0.05) is 18.3 Å². The van der Waals surface area contributed by atoms with Crippen molar-refractivity contribution in [2.24, 2.45) is 0 Å². The summed E-state index contributed by atoms with van der Waals surface area (Å²) in [6, 6.07) is 7.90. The molecule has 0 radical (unpaired) electrons. The number of nitrogens with one attached hydrogen (secondary N) is 1. The smallest absolute Gasteiger partial charge is 0.204 e. The van der Waals surface area contributed by atoms with Gasteiger partial charge in [-0.25, -0.2) is 4.68 Å². The molecule has 2 aromatic rings. The molecule has 0 atom stereocenters. The summed E-state index contributed by atoms with van der Waals surface area (Å²) in [5, 5.41) is 7.84. The second kappa shape index (κ2) is 7.36. The zero-order valence-electron chi connectivity index (χ0n) is 13.9. The minimum absolute atomic E-state index is 0.00146. The molecule has 0 saturated carbocycles. The first-order valence-corrected chi connectivity index (χ1v) is 7.91. The number of aryl methyl sites for hydroxylation is 3. The number of hydrogen-bond donors (Lipinski definition) is 1. The molecule has 0 amide bonds. The molecular formula is C18H25N3O. The standard InChI is InChI=1S/C18H25N3O/c1-5-6-9-19-12-17-18(22)11-15(4)21(20-17)16-8-7-13(2)14(3)10-16/h7-8,10-11,19H,5-6,9,12H2,1-4H3. The lowest BCUT2D eigenvalue weighted by Crippen LogP contribution is -2.25. The summed E-state index contributed by atoms with van der Waals surface area (Å²) < 4.78 is 1.85. The Balaban J connectivity index is 2.31. The first-order valence-electron chi connectivity index (χ1n) is 7.91. The van der Waals surface area contributed by atoms with Crippen LogP contribution in [0.15, 0.2) is 29.1 Å². The fourth-order valence-electron chi connectivity index (χ4n) is 2.33. The fraction of sp³-hybridized carbons (Fsp3) is 0.444. The van der Waals surface area contributed by atoms with Crippen molar-refractivity contribution in [2.75, 3.05) is 6.54 Å². The third-order valence-corrected chi connectivity index (χ3v) is 3.91. The predicted molar refractivity (Wildman–Crippen MR) is 90.7 cm³/mol. The maximum Gasteiger partial charge on any atom is 0.204 e. The van der Waals surface area contributed by atoms with Gasteiger partial charge in [-0.05, 0) is 57.0 Å². The summed E-state index contributed by atoms with van der Waals surface area (Å²) in [5.41, 5.74) is 4.89. The Hall–Kier alpha value is -1.94. The molecule has 4 heteroatoms. The second-order valence-electron chi connectivity index (χ2n) is 5.81. The molecule has 1 heterocycles. The van der Waals surface area contributed by atoms with Crippen LogP contribution in [0.25, 0.3) is 5.69 Å². The van der Waals surface area contributed by atoms with Crippen LogP contribution in [0.1, 0.15) is 42.3 Å². The van der Waals surface area contributed by atoms with E-state index in [4.69, 9.17) is 0 Å². The highest BCUT2D eigenvalue weighted by molar-refractivity contribution is 5.40. The summed E-state index contributed by atoms with van der Waals surface area (Å²) in [4.78, 5) is 12.1. The number of nitrogens with zero attached hydrogens (tertiary/aromatic N) is 2. The molecule has 2 rings (SSSR count). The Morgan fingerprint density at radius 2 is 1.91 bits per heavy atom. The van der Waals surface area contributed by atoms with Crippen molar-refractivity contribution in [2.45, 2.75) is 47.1 Å². The van der Waals surface area contributed by atoms with Crippen LogP contribution in [-0.2, 0) is 6.54 Å². The maximum atomic E-state index is 12.1. The molecule has 1 N–H and O–H groups in total. The van der Waals surface area contributed by atoms with Crippen molar-refractivity contribution in [3.05, 3.63) is 57.0 Å². The van der Waals surface area contributed by atoms with Gasteiger partial charge in [0.2, 0.25) is 5.43 Å². The first-order chi connectivity index (χ1) is 10.5. The van der Waals surface area contributed by atoms with E-state index in [9.17, 15) is 4.79 Å². The van der Waals surface area contributed by atoms with Crippen molar-refractivity contribution < 1.29 is 0 Å². The molecule has 0 fully saturated rings. The minimum atomic E-state index is 0.00146. The average molecular weight is 299 g/mol. The normalized spacial score (nSPS) is 10.9. The zero-order chi connectivity index (χ0) is 16.1. The van der Waals surface area contributed by atoms with Crippen LogP contribution in [-0.4, -0.2) is 16.3 Å². The van der Waals surface area contributed by atoms with E-state index in [1.54, 1.807) is 6.07 Å². The molecule has 0 spiro atoms. The van der Waals surface area contributed by atoms with Crippen molar-refractivity contribution in [1.82, 2.24) is 15.1 Å². The van der Waals surface area contributed by atoms with Gasteiger partial charge < -0.3 is 5.32 Å². The largest absolute Gasteiger partial charge is 0.311 e. The number of benzene rings is 1. The molecule has 118 valence electrons. The van der Waals surface area contributed by atoms with E-state index < -0.39 is 0 Å². The third kappa shape index (κ3) is 3.83. The molecule has 1 aromatic heterocycles. The van der Waals surface area contributed by atoms with Crippen LogP contribution in [0, 0.1) is 20.8 Å². The van der Waals surface area contributed by atoms with Gasteiger partial charge in [-0.2, -0.15) is 5.10 Å². The van der Waals surface area contributed by atoms with Gasteiger partial charge in [0.25, 0.3) is 0 Å². The molecule has 4 nitrogen and oxygen atoms in total. The summed E-state index contributed by atoms with van der Waals surface area (Å²) >= 11 is 0. The van der Waals surface area contributed by atoms with Crippen molar-refractivity contribution in [3.8, 4) is 5.69 Å². The van der Waals surface area contributed by atoms with Gasteiger partial charge >= 0.3 is 0 Å². The van der Waals surface area contributed by atoms with Gasteiger partial charge in [-0.15, -0.1) is 0 Å². The number of rotatable bonds is 6. The lowest BCUT2D eigenvalue weighted by Gasteiger charge is -2.13. The molecule has 0 aliphatic heterocycles. The lowest BCUT2D eigenvalue weighted by atomic mass is 10.1.